The summed E-state index contributed by atoms with van der Waals surface area (Å²) < 4.78 is 24.8. The van der Waals surface area contributed by atoms with Crippen molar-refractivity contribution in [3.8, 4) is 0 Å². The Balaban J connectivity index is 2.45. The Bertz CT molecular complexity index is 824. The lowest BCUT2D eigenvalue weighted by Crippen LogP contribution is -2.43. The van der Waals surface area contributed by atoms with Crippen LogP contribution in [0.3, 0.4) is 0 Å². The molecule has 0 fully saturated rings. The number of benzene rings is 2. The van der Waals surface area contributed by atoms with Crippen LogP contribution in [0.1, 0.15) is 17.2 Å². The van der Waals surface area contributed by atoms with Gasteiger partial charge in [-0.25, -0.2) is 8.42 Å². The molecule has 0 radical (unpaired) electrons. The van der Waals surface area contributed by atoms with Crippen LogP contribution in [0, 0.1) is 17.0 Å². The summed E-state index contributed by atoms with van der Waals surface area (Å²) in [5.41, 5.74) is 1.15. The van der Waals surface area contributed by atoms with Gasteiger partial charge in [-0.2, -0.15) is 4.72 Å². The minimum atomic E-state index is -4.06. The molecule has 24 heavy (non-hydrogen) atoms. The summed E-state index contributed by atoms with van der Waals surface area (Å²) >= 11 is 11.7. The van der Waals surface area contributed by atoms with E-state index < -0.39 is 25.4 Å². The van der Waals surface area contributed by atoms with Crippen LogP contribution >= 0.6 is 23.2 Å². The quantitative estimate of drug-likeness (QED) is 0.355. The zero-order valence-electron chi connectivity index (χ0n) is 12.5. The molecule has 0 saturated heterocycles. The summed E-state index contributed by atoms with van der Waals surface area (Å²) in [6, 6.07) is 12.5. The monoisotopic (exact) mass is 388 g/mol. The Morgan fingerprint density at radius 2 is 1.62 bits per heavy atom. The average molecular weight is 389 g/mol. The third kappa shape index (κ3) is 4.05. The summed E-state index contributed by atoms with van der Waals surface area (Å²) in [6.45, 7) is 1.81. The van der Waals surface area contributed by atoms with Crippen molar-refractivity contribution in [1.29, 1.82) is 0 Å². The Kier molecular flexibility index (Phi) is 5.49. The first-order valence-electron chi connectivity index (χ1n) is 6.81. The fourth-order valence-electron chi connectivity index (χ4n) is 2.03. The van der Waals surface area contributed by atoms with Gasteiger partial charge in [0.1, 0.15) is 6.04 Å². The van der Waals surface area contributed by atoms with Gasteiger partial charge in [0.15, 0.2) is 0 Å². The first-order valence-corrected chi connectivity index (χ1v) is 9.05. The maximum absolute atomic E-state index is 12.5. The van der Waals surface area contributed by atoms with Gasteiger partial charge in [-0.1, -0.05) is 48.0 Å². The van der Waals surface area contributed by atoms with E-state index in [2.05, 4.69) is 4.72 Å². The van der Waals surface area contributed by atoms with Crippen LogP contribution in [-0.2, 0) is 10.0 Å². The second-order valence-corrected chi connectivity index (χ2v) is 8.18. The Labute approximate surface area is 149 Å². The van der Waals surface area contributed by atoms with Crippen LogP contribution in [0.4, 0.5) is 0 Å². The highest BCUT2D eigenvalue weighted by molar-refractivity contribution is 7.89. The molecule has 2 aromatic carbocycles. The Morgan fingerprint density at radius 3 is 2.12 bits per heavy atom. The lowest BCUT2D eigenvalue weighted by molar-refractivity contribution is -0.520. The second-order valence-electron chi connectivity index (χ2n) is 5.12. The lowest BCUT2D eigenvalue weighted by Gasteiger charge is -2.24. The molecule has 0 saturated carbocycles. The zero-order valence-corrected chi connectivity index (χ0v) is 14.8. The molecular weight excluding hydrogens is 375 g/mol. The number of alkyl halides is 2. The van der Waals surface area contributed by atoms with Gasteiger partial charge in [-0.15, -0.1) is 0 Å². The summed E-state index contributed by atoms with van der Waals surface area (Å²) in [7, 11) is -4.06. The molecule has 9 heteroatoms. The molecule has 0 spiro atoms. The largest absolute Gasteiger partial charge is 0.390 e. The van der Waals surface area contributed by atoms with E-state index in [-0.39, 0.29) is 10.5 Å². The van der Waals surface area contributed by atoms with Crippen molar-refractivity contribution >= 4 is 33.2 Å². The van der Waals surface area contributed by atoms with Gasteiger partial charge in [0.05, 0.1) is 9.82 Å². The number of hydrogen-bond donors (Lipinski definition) is 1. The molecule has 1 unspecified atom stereocenters. The molecule has 1 atom stereocenters. The molecule has 0 bridgehead atoms. The zero-order chi connectivity index (χ0) is 18.0. The Hall–Kier alpha value is -1.67. The molecule has 0 aliphatic carbocycles. The fourth-order valence-corrected chi connectivity index (χ4v) is 3.77. The molecule has 6 nitrogen and oxygen atoms in total. The number of nitro groups is 1. The van der Waals surface area contributed by atoms with E-state index in [1.165, 1.54) is 24.3 Å². The van der Waals surface area contributed by atoms with Gasteiger partial charge in [-0.05, 0) is 47.8 Å². The topological polar surface area (TPSA) is 89.3 Å². The molecular formula is C15H14Cl2N2O4S. The number of aryl methyl sites for hydroxylation is 1. The van der Waals surface area contributed by atoms with E-state index in [1.807, 2.05) is 6.92 Å². The summed E-state index contributed by atoms with van der Waals surface area (Å²) in [6.07, 6.45) is 0. The first kappa shape index (κ1) is 18.7. The van der Waals surface area contributed by atoms with Crippen LogP contribution in [0.5, 0.6) is 0 Å². The number of sulfonamides is 1. The third-order valence-electron chi connectivity index (χ3n) is 3.33. The molecule has 2 aromatic rings. The van der Waals surface area contributed by atoms with Crippen LogP contribution < -0.4 is 4.72 Å². The van der Waals surface area contributed by atoms with Crippen molar-refractivity contribution in [2.24, 2.45) is 0 Å². The number of nitrogens with one attached hydrogen (secondary N) is 1. The highest BCUT2D eigenvalue weighted by Crippen LogP contribution is 2.37. The Morgan fingerprint density at radius 1 is 1.08 bits per heavy atom. The minimum absolute atomic E-state index is 0.0403. The van der Waals surface area contributed by atoms with Gasteiger partial charge in [-0.3, -0.25) is 10.1 Å². The second kappa shape index (κ2) is 7.06. The van der Waals surface area contributed by atoms with E-state index in [4.69, 9.17) is 23.2 Å². The van der Waals surface area contributed by atoms with Gasteiger partial charge in [0.25, 0.3) is 0 Å². The number of halogens is 2. The average Bonchev–Trinajstić information content (AvgIpc) is 2.53. The van der Waals surface area contributed by atoms with Crippen molar-refractivity contribution in [2.45, 2.75) is 22.3 Å². The summed E-state index contributed by atoms with van der Waals surface area (Å²) in [5.74, 6) is 0. The van der Waals surface area contributed by atoms with Crippen molar-refractivity contribution in [3.05, 3.63) is 75.8 Å². The van der Waals surface area contributed by atoms with Crippen molar-refractivity contribution in [2.75, 3.05) is 0 Å². The fraction of sp³-hybridized carbons (Fsp3) is 0.200. The van der Waals surface area contributed by atoms with E-state index in [1.54, 1.807) is 30.3 Å². The molecule has 0 amide bonds. The molecule has 0 aliphatic heterocycles. The van der Waals surface area contributed by atoms with Crippen LogP contribution in [0.2, 0.25) is 0 Å². The predicted molar refractivity (Wildman–Crippen MR) is 92.1 cm³/mol. The lowest BCUT2D eigenvalue weighted by atomic mass is 10.1. The smallest absolute Gasteiger partial charge is 0.261 e. The van der Waals surface area contributed by atoms with Crippen LogP contribution in [0.25, 0.3) is 0 Å². The highest BCUT2D eigenvalue weighted by Gasteiger charge is 2.50. The van der Waals surface area contributed by atoms with E-state index in [0.29, 0.717) is 0 Å². The molecule has 0 heterocycles. The maximum atomic E-state index is 12.5. The van der Waals surface area contributed by atoms with Gasteiger partial charge in [0.2, 0.25) is 10.0 Å². The van der Waals surface area contributed by atoms with Crippen LogP contribution in [0.15, 0.2) is 59.5 Å². The van der Waals surface area contributed by atoms with Gasteiger partial charge >= 0.3 is 4.46 Å². The molecule has 2 rings (SSSR count). The van der Waals surface area contributed by atoms with E-state index in [9.17, 15) is 18.5 Å². The molecule has 0 aliphatic rings. The SMILES string of the molecule is Cc1ccc(S(=O)(=O)NC(c2ccccc2)C(Cl)(Cl)[N+](=O)[O-])cc1. The minimum Gasteiger partial charge on any atom is -0.261 e. The number of rotatable bonds is 6. The third-order valence-corrected chi connectivity index (χ3v) is 5.48. The first-order chi connectivity index (χ1) is 11.1. The highest BCUT2D eigenvalue weighted by atomic mass is 35.5. The summed E-state index contributed by atoms with van der Waals surface area (Å²) in [5, 5.41) is 11.2. The van der Waals surface area contributed by atoms with Crippen LogP contribution in [-0.4, -0.2) is 17.8 Å². The maximum Gasteiger partial charge on any atom is 0.390 e. The standard InChI is InChI=1S/C15H14Cl2N2O4S/c1-11-7-9-13(10-8-11)24(22,23)18-14(15(16,17)19(20)21)12-5-3-2-4-6-12/h2-10,14,18H,1H3. The van der Waals surface area contributed by atoms with Crippen molar-refractivity contribution < 1.29 is 13.3 Å². The summed E-state index contributed by atoms with van der Waals surface area (Å²) in [4.78, 5) is 10.2. The normalized spacial score (nSPS) is 13.5. The van der Waals surface area contributed by atoms with Gasteiger partial charge in [0, 0.05) is 0 Å². The van der Waals surface area contributed by atoms with Crippen molar-refractivity contribution in [1.82, 2.24) is 4.72 Å². The van der Waals surface area contributed by atoms with Gasteiger partial charge < -0.3 is 0 Å². The van der Waals surface area contributed by atoms with E-state index >= 15 is 0 Å². The van der Waals surface area contributed by atoms with Crippen molar-refractivity contribution in [3.63, 3.8) is 0 Å². The number of nitrogens with zero attached hydrogens (tertiary/aromatic N) is 1. The molecule has 1 N–H and O–H groups in total. The molecule has 0 aromatic heterocycles. The molecule has 128 valence electrons. The predicted octanol–water partition coefficient (Wildman–Crippen LogP) is 3.42. The van der Waals surface area contributed by atoms with E-state index in [0.717, 1.165) is 5.56 Å². The number of hydrogen-bond acceptors (Lipinski definition) is 4.